The number of aryl methyl sites for hydroxylation is 2. The normalized spacial score (nSPS) is 16.0. The fourth-order valence-corrected chi connectivity index (χ4v) is 2.89. The van der Waals surface area contributed by atoms with Crippen LogP contribution in [0, 0.1) is 6.92 Å². The zero-order valence-corrected chi connectivity index (χ0v) is 13.7. The summed E-state index contributed by atoms with van der Waals surface area (Å²) in [6, 6.07) is 6.01. The van der Waals surface area contributed by atoms with Crippen LogP contribution in [0.2, 0.25) is 0 Å². The van der Waals surface area contributed by atoms with E-state index in [0.717, 1.165) is 23.5 Å². The summed E-state index contributed by atoms with van der Waals surface area (Å²) in [5.74, 6) is 0.00869. The largest absolute Gasteiger partial charge is 0.360 e. The first-order valence-electron chi connectivity index (χ1n) is 8.24. The summed E-state index contributed by atoms with van der Waals surface area (Å²) in [7, 11) is 0. The molecule has 2 aromatic heterocycles. The van der Waals surface area contributed by atoms with Crippen LogP contribution in [0.25, 0.3) is 11.8 Å². The number of unbranched alkanes of at least 4 members (excludes halogenated alkanes) is 2. The molecule has 0 radical (unpaired) electrons. The summed E-state index contributed by atoms with van der Waals surface area (Å²) in [5.41, 5.74) is 5.86. The average molecular weight is 309 g/mol. The molecule has 0 aromatic carbocycles. The van der Waals surface area contributed by atoms with Gasteiger partial charge in [0.05, 0.1) is 17.1 Å². The fourth-order valence-electron chi connectivity index (χ4n) is 2.89. The van der Waals surface area contributed by atoms with E-state index < -0.39 is 0 Å². The Hall–Kier alpha value is -2.49. The summed E-state index contributed by atoms with van der Waals surface area (Å²) in [5, 5.41) is 3.19. The number of allylic oxidation sites excluding steroid dienone is 1. The summed E-state index contributed by atoms with van der Waals surface area (Å²) in [4.78, 5) is 18.6. The first-order valence-corrected chi connectivity index (χ1v) is 8.24. The highest BCUT2D eigenvalue weighted by atomic mass is 16.1. The third-order valence-corrected chi connectivity index (χ3v) is 4.19. The minimum atomic E-state index is 0.00869. The van der Waals surface area contributed by atoms with Crippen molar-refractivity contribution in [1.82, 2.24) is 15.3 Å². The molecule has 2 aromatic rings. The van der Waals surface area contributed by atoms with Gasteiger partial charge in [0, 0.05) is 23.7 Å². The molecule has 0 fully saturated rings. The number of rotatable bonds is 6. The van der Waals surface area contributed by atoms with E-state index in [1.165, 1.54) is 30.5 Å². The van der Waals surface area contributed by atoms with Crippen LogP contribution in [0.4, 0.5) is 0 Å². The van der Waals surface area contributed by atoms with Crippen LogP contribution in [0.3, 0.4) is 0 Å². The topological polar surface area (TPSA) is 60.7 Å². The molecular formula is C19H23N3O. The molecule has 1 aliphatic rings. The van der Waals surface area contributed by atoms with Gasteiger partial charge in [0.15, 0.2) is 0 Å². The van der Waals surface area contributed by atoms with Crippen molar-refractivity contribution in [3.63, 3.8) is 0 Å². The van der Waals surface area contributed by atoms with Crippen LogP contribution in [-0.4, -0.2) is 15.8 Å². The van der Waals surface area contributed by atoms with Crippen molar-refractivity contribution in [2.75, 3.05) is 0 Å². The van der Waals surface area contributed by atoms with Gasteiger partial charge in [-0.15, -0.1) is 0 Å². The van der Waals surface area contributed by atoms with E-state index in [9.17, 15) is 4.79 Å². The van der Waals surface area contributed by atoms with Gasteiger partial charge in [0.1, 0.15) is 0 Å². The molecule has 0 amide bonds. The molecule has 0 bridgehead atoms. The first-order chi connectivity index (χ1) is 11.2. The second-order valence-corrected chi connectivity index (χ2v) is 6.02. The Morgan fingerprint density at radius 3 is 2.87 bits per heavy atom. The maximum Gasteiger partial charge on any atom is 0.204 e. The molecule has 0 spiro atoms. The van der Waals surface area contributed by atoms with Crippen LogP contribution in [0.5, 0.6) is 0 Å². The van der Waals surface area contributed by atoms with Crippen molar-refractivity contribution in [2.45, 2.75) is 39.5 Å². The van der Waals surface area contributed by atoms with Gasteiger partial charge in [-0.25, -0.2) is 0 Å². The van der Waals surface area contributed by atoms with Crippen LogP contribution in [0.1, 0.15) is 48.8 Å². The maximum atomic E-state index is 12.2. The smallest absolute Gasteiger partial charge is 0.204 e. The van der Waals surface area contributed by atoms with Crippen molar-refractivity contribution in [3.8, 4) is 0 Å². The lowest BCUT2D eigenvalue weighted by Crippen LogP contribution is -2.09. The lowest BCUT2D eigenvalue weighted by molar-refractivity contribution is -0.111. The number of H-pyrrole nitrogens is 2. The average Bonchev–Trinajstić information content (AvgIpc) is 3.23. The van der Waals surface area contributed by atoms with E-state index in [-0.39, 0.29) is 5.78 Å². The highest BCUT2D eigenvalue weighted by Gasteiger charge is 2.19. The van der Waals surface area contributed by atoms with Crippen LogP contribution >= 0.6 is 0 Å². The number of hydrogen-bond acceptors (Lipinski definition) is 2. The molecule has 3 rings (SSSR count). The van der Waals surface area contributed by atoms with Gasteiger partial charge in [-0.05, 0) is 49.6 Å². The summed E-state index contributed by atoms with van der Waals surface area (Å²) in [6.45, 7) is 4.31. The molecule has 4 heteroatoms. The SMILES string of the molecule is CCCCCc1cc(/C=C2\NC(c3ccc[nH]3)=CC2=O)[nH]c1C. The van der Waals surface area contributed by atoms with E-state index in [1.807, 2.05) is 24.4 Å². The molecule has 0 saturated heterocycles. The van der Waals surface area contributed by atoms with E-state index in [0.29, 0.717) is 5.70 Å². The van der Waals surface area contributed by atoms with Crippen molar-refractivity contribution in [3.05, 3.63) is 58.8 Å². The maximum absolute atomic E-state index is 12.2. The van der Waals surface area contributed by atoms with Gasteiger partial charge in [-0.1, -0.05) is 19.8 Å². The van der Waals surface area contributed by atoms with Gasteiger partial charge in [0.25, 0.3) is 0 Å². The van der Waals surface area contributed by atoms with E-state index >= 15 is 0 Å². The minimum absolute atomic E-state index is 0.00869. The molecule has 0 unspecified atom stereocenters. The van der Waals surface area contributed by atoms with Crippen molar-refractivity contribution >= 4 is 17.6 Å². The van der Waals surface area contributed by atoms with Gasteiger partial charge in [-0.2, -0.15) is 0 Å². The molecule has 120 valence electrons. The Bertz CT molecular complexity index is 748. The van der Waals surface area contributed by atoms with Crippen molar-refractivity contribution in [2.24, 2.45) is 0 Å². The zero-order chi connectivity index (χ0) is 16.2. The quantitative estimate of drug-likeness (QED) is 0.559. The van der Waals surface area contributed by atoms with Crippen molar-refractivity contribution < 1.29 is 4.79 Å². The van der Waals surface area contributed by atoms with Crippen LogP contribution in [0.15, 0.2) is 36.2 Å². The third kappa shape index (κ3) is 3.47. The van der Waals surface area contributed by atoms with Crippen LogP contribution in [-0.2, 0) is 11.2 Å². The Labute approximate surface area is 136 Å². The summed E-state index contributed by atoms with van der Waals surface area (Å²) in [6.07, 6.45) is 10.2. The Morgan fingerprint density at radius 1 is 1.26 bits per heavy atom. The number of carbonyl (C=O) groups excluding carboxylic acids is 1. The fraction of sp³-hybridized carbons (Fsp3) is 0.316. The second-order valence-electron chi connectivity index (χ2n) is 6.02. The highest BCUT2D eigenvalue weighted by molar-refractivity contribution is 6.14. The van der Waals surface area contributed by atoms with E-state index in [1.54, 1.807) is 6.08 Å². The minimum Gasteiger partial charge on any atom is -0.360 e. The van der Waals surface area contributed by atoms with Gasteiger partial charge >= 0.3 is 0 Å². The molecule has 0 aliphatic carbocycles. The lowest BCUT2D eigenvalue weighted by Gasteiger charge is -2.02. The van der Waals surface area contributed by atoms with Crippen molar-refractivity contribution in [1.29, 1.82) is 0 Å². The number of nitrogens with one attached hydrogen (secondary N) is 3. The predicted octanol–water partition coefficient (Wildman–Crippen LogP) is 3.94. The number of ketones is 1. The molecular weight excluding hydrogens is 286 g/mol. The highest BCUT2D eigenvalue weighted by Crippen LogP contribution is 2.21. The molecule has 0 atom stereocenters. The zero-order valence-electron chi connectivity index (χ0n) is 13.7. The molecule has 4 nitrogen and oxygen atoms in total. The molecule has 3 N–H and O–H groups in total. The summed E-state index contributed by atoms with van der Waals surface area (Å²) < 4.78 is 0. The predicted molar refractivity (Wildman–Crippen MR) is 93.6 cm³/mol. The third-order valence-electron chi connectivity index (χ3n) is 4.19. The van der Waals surface area contributed by atoms with Gasteiger partial charge in [-0.3, -0.25) is 4.79 Å². The second kappa shape index (κ2) is 6.73. The van der Waals surface area contributed by atoms with Gasteiger partial charge < -0.3 is 15.3 Å². The lowest BCUT2D eigenvalue weighted by atomic mass is 10.1. The molecule has 3 heterocycles. The Kier molecular flexibility index (Phi) is 4.51. The Balaban J connectivity index is 1.73. The first kappa shape index (κ1) is 15.4. The molecule has 0 saturated carbocycles. The number of carbonyl (C=O) groups is 1. The van der Waals surface area contributed by atoms with E-state index in [2.05, 4.69) is 35.2 Å². The number of aromatic nitrogens is 2. The number of aromatic amines is 2. The standard InChI is InChI=1S/C19H23N3O/c1-3-4-5-7-14-10-15(21-13(14)2)11-18-19(23)12-17(22-18)16-8-6-9-20-16/h6,8-12,20-22H,3-5,7H2,1-2H3/b18-11-. The summed E-state index contributed by atoms with van der Waals surface area (Å²) >= 11 is 0. The number of hydrogen-bond donors (Lipinski definition) is 3. The molecule has 1 aliphatic heterocycles. The molecule has 23 heavy (non-hydrogen) atoms. The van der Waals surface area contributed by atoms with Crippen LogP contribution < -0.4 is 5.32 Å². The monoisotopic (exact) mass is 309 g/mol. The van der Waals surface area contributed by atoms with E-state index in [4.69, 9.17) is 0 Å². The Morgan fingerprint density at radius 2 is 2.13 bits per heavy atom. The van der Waals surface area contributed by atoms with Gasteiger partial charge in [0.2, 0.25) is 5.78 Å².